The van der Waals surface area contributed by atoms with Gasteiger partial charge in [0.15, 0.2) is 0 Å². The molecule has 1 unspecified atom stereocenters. The lowest BCUT2D eigenvalue weighted by Gasteiger charge is -2.14. The van der Waals surface area contributed by atoms with Crippen molar-refractivity contribution >= 4 is 23.5 Å². The van der Waals surface area contributed by atoms with E-state index in [1.54, 1.807) is 6.08 Å². The standard InChI is InChI=1S/C16H19N3O6/c1-3-4-5-12(16(22)23)18-14(20)9-17-15(21)11-6-7-13(19(24)25)10(2)8-11/h3,6-8,12H,1,4-5,9H2,2H3,(H,17,21)(H,18,20)(H,22,23). The van der Waals surface area contributed by atoms with Crippen LogP contribution in [0.2, 0.25) is 0 Å². The van der Waals surface area contributed by atoms with Crippen molar-refractivity contribution in [3.8, 4) is 0 Å². The number of allylic oxidation sites excluding steroid dienone is 1. The molecule has 3 N–H and O–H groups in total. The van der Waals surface area contributed by atoms with E-state index in [0.717, 1.165) is 0 Å². The molecule has 0 saturated carbocycles. The van der Waals surface area contributed by atoms with Crippen LogP contribution < -0.4 is 10.6 Å². The molecule has 134 valence electrons. The van der Waals surface area contributed by atoms with Crippen LogP contribution >= 0.6 is 0 Å². The Kier molecular flexibility index (Phi) is 7.26. The molecule has 25 heavy (non-hydrogen) atoms. The Morgan fingerprint density at radius 3 is 2.60 bits per heavy atom. The highest BCUT2D eigenvalue weighted by Gasteiger charge is 2.19. The number of benzene rings is 1. The molecule has 0 fully saturated rings. The Morgan fingerprint density at radius 2 is 2.08 bits per heavy atom. The summed E-state index contributed by atoms with van der Waals surface area (Å²) < 4.78 is 0. The highest BCUT2D eigenvalue weighted by Crippen LogP contribution is 2.18. The van der Waals surface area contributed by atoms with Crippen LogP contribution in [0.1, 0.15) is 28.8 Å². The second kappa shape index (κ2) is 9.16. The molecule has 0 bridgehead atoms. The first kappa shape index (κ1) is 19.8. The van der Waals surface area contributed by atoms with Gasteiger partial charge in [-0.3, -0.25) is 19.7 Å². The molecule has 0 aliphatic rings. The highest BCUT2D eigenvalue weighted by atomic mass is 16.6. The van der Waals surface area contributed by atoms with Gasteiger partial charge >= 0.3 is 5.97 Å². The van der Waals surface area contributed by atoms with E-state index in [9.17, 15) is 24.5 Å². The minimum Gasteiger partial charge on any atom is -0.480 e. The van der Waals surface area contributed by atoms with Crippen LogP contribution in [0.15, 0.2) is 30.9 Å². The number of nitro benzene ring substituents is 1. The van der Waals surface area contributed by atoms with E-state index in [4.69, 9.17) is 5.11 Å². The van der Waals surface area contributed by atoms with Gasteiger partial charge in [-0.2, -0.15) is 0 Å². The number of carbonyl (C=O) groups excluding carboxylic acids is 2. The van der Waals surface area contributed by atoms with Gasteiger partial charge < -0.3 is 15.7 Å². The maximum Gasteiger partial charge on any atom is 0.326 e. The molecule has 0 heterocycles. The van der Waals surface area contributed by atoms with Gasteiger partial charge in [-0.05, 0) is 31.9 Å². The predicted molar refractivity (Wildman–Crippen MR) is 89.2 cm³/mol. The Morgan fingerprint density at radius 1 is 1.40 bits per heavy atom. The van der Waals surface area contributed by atoms with E-state index in [0.29, 0.717) is 12.0 Å². The first-order chi connectivity index (χ1) is 11.8. The Hall–Kier alpha value is -3.23. The molecule has 9 nitrogen and oxygen atoms in total. The molecular formula is C16H19N3O6. The van der Waals surface area contributed by atoms with Crippen LogP contribution in [-0.2, 0) is 9.59 Å². The van der Waals surface area contributed by atoms with Crippen molar-refractivity contribution in [1.82, 2.24) is 10.6 Å². The number of nitrogens with zero attached hydrogens (tertiary/aromatic N) is 1. The Bertz CT molecular complexity index is 701. The molecule has 1 rings (SSSR count). The maximum atomic E-state index is 12.0. The summed E-state index contributed by atoms with van der Waals surface area (Å²) >= 11 is 0. The molecule has 2 amide bonds. The fraction of sp³-hybridized carbons (Fsp3) is 0.312. The van der Waals surface area contributed by atoms with Crippen molar-refractivity contribution in [3.63, 3.8) is 0 Å². The number of hydrogen-bond donors (Lipinski definition) is 3. The zero-order valence-electron chi connectivity index (χ0n) is 13.7. The van der Waals surface area contributed by atoms with Crippen LogP contribution in [0, 0.1) is 17.0 Å². The smallest absolute Gasteiger partial charge is 0.326 e. The minimum absolute atomic E-state index is 0.110. The number of carboxylic acid groups (broad SMARTS) is 1. The number of hydrogen-bond acceptors (Lipinski definition) is 5. The van der Waals surface area contributed by atoms with Crippen molar-refractivity contribution in [2.75, 3.05) is 6.54 Å². The summed E-state index contributed by atoms with van der Waals surface area (Å²) in [4.78, 5) is 45.0. The van der Waals surface area contributed by atoms with Gasteiger partial charge in [0.1, 0.15) is 6.04 Å². The third-order valence-corrected chi connectivity index (χ3v) is 3.36. The molecule has 0 spiro atoms. The van der Waals surface area contributed by atoms with Gasteiger partial charge in [-0.1, -0.05) is 6.08 Å². The molecule has 0 aliphatic heterocycles. The summed E-state index contributed by atoms with van der Waals surface area (Å²) in [5.74, 6) is -2.41. The Labute approximate surface area is 143 Å². The normalized spacial score (nSPS) is 11.2. The molecule has 1 atom stereocenters. The zero-order valence-corrected chi connectivity index (χ0v) is 13.7. The second-order valence-corrected chi connectivity index (χ2v) is 5.27. The number of amides is 2. The first-order valence-electron chi connectivity index (χ1n) is 7.42. The summed E-state index contributed by atoms with van der Waals surface area (Å²) in [5, 5.41) is 24.4. The van der Waals surface area contributed by atoms with Gasteiger partial charge in [-0.15, -0.1) is 6.58 Å². The van der Waals surface area contributed by atoms with E-state index in [1.165, 1.54) is 25.1 Å². The van der Waals surface area contributed by atoms with E-state index in [2.05, 4.69) is 17.2 Å². The third-order valence-electron chi connectivity index (χ3n) is 3.36. The summed E-state index contributed by atoms with van der Waals surface area (Å²) in [5.41, 5.74) is 0.371. The molecular weight excluding hydrogens is 330 g/mol. The number of aryl methyl sites for hydroxylation is 1. The average Bonchev–Trinajstić information content (AvgIpc) is 2.55. The topological polar surface area (TPSA) is 139 Å². The summed E-state index contributed by atoms with van der Waals surface area (Å²) in [6.07, 6.45) is 2.16. The van der Waals surface area contributed by atoms with Gasteiger partial charge in [-0.25, -0.2) is 4.79 Å². The number of nitrogens with one attached hydrogen (secondary N) is 2. The van der Waals surface area contributed by atoms with Crippen molar-refractivity contribution in [3.05, 3.63) is 52.1 Å². The third kappa shape index (κ3) is 6.05. The minimum atomic E-state index is -1.17. The first-order valence-corrected chi connectivity index (χ1v) is 7.42. The monoisotopic (exact) mass is 349 g/mol. The SMILES string of the molecule is C=CCCC(NC(=O)CNC(=O)c1ccc([N+](=O)[O-])c(C)c1)C(=O)O. The lowest BCUT2D eigenvalue weighted by molar-refractivity contribution is -0.385. The van der Waals surface area contributed by atoms with E-state index >= 15 is 0 Å². The average molecular weight is 349 g/mol. The van der Waals surface area contributed by atoms with Gasteiger partial charge in [0.2, 0.25) is 5.91 Å². The highest BCUT2D eigenvalue weighted by molar-refractivity contribution is 5.97. The van der Waals surface area contributed by atoms with Crippen molar-refractivity contribution in [1.29, 1.82) is 0 Å². The van der Waals surface area contributed by atoms with Gasteiger partial charge in [0.05, 0.1) is 11.5 Å². The quantitative estimate of drug-likeness (QED) is 0.347. The van der Waals surface area contributed by atoms with Gasteiger partial charge in [0.25, 0.3) is 11.6 Å². The molecule has 0 saturated heterocycles. The molecule has 0 radical (unpaired) electrons. The van der Waals surface area contributed by atoms with E-state index < -0.39 is 35.3 Å². The molecule has 0 aliphatic carbocycles. The summed E-state index contributed by atoms with van der Waals surface area (Å²) in [7, 11) is 0. The number of nitro groups is 1. The molecule has 9 heteroatoms. The summed E-state index contributed by atoms with van der Waals surface area (Å²) in [6, 6.07) is 2.77. The van der Waals surface area contributed by atoms with E-state index in [1.807, 2.05) is 0 Å². The van der Waals surface area contributed by atoms with Crippen LogP contribution in [0.25, 0.3) is 0 Å². The number of carboxylic acids is 1. The molecule has 1 aromatic rings. The number of carbonyl (C=O) groups is 3. The van der Waals surface area contributed by atoms with Crippen LogP contribution in [0.3, 0.4) is 0 Å². The Balaban J connectivity index is 2.62. The van der Waals surface area contributed by atoms with Crippen LogP contribution in [-0.4, -0.2) is 40.4 Å². The lowest BCUT2D eigenvalue weighted by atomic mass is 10.1. The summed E-state index contributed by atoms with van der Waals surface area (Å²) in [6.45, 7) is 4.57. The number of aliphatic carboxylic acids is 1. The molecule has 1 aromatic carbocycles. The van der Waals surface area contributed by atoms with Crippen molar-refractivity contribution in [2.45, 2.75) is 25.8 Å². The van der Waals surface area contributed by atoms with Crippen LogP contribution in [0.5, 0.6) is 0 Å². The largest absolute Gasteiger partial charge is 0.480 e. The predicted octanol–water partition coefficient (Wildman–Crippen LogP) is 1.17. The fourth-order valence-corrected chi connectivity index (χ4v) is 2.05. The van der Waals surface area contributed by atoms with E-state index in [-0.39, 0.29) is 17.7 Å². The zero-order chi connectivity index (χ0) is 19.0. The second-order valence-electron chi connectivity index (χ2n) is 5.27. The molecule has 0 aromatic heterocycles. The maximum absolute atomic E-state index is 12.0. The lowest BCUT2D eigenvalue weighted by Crippen LogP contribution is -2.45. The van der Waals surface area contributed by atoms with Crippen molar-refractivity contribution < 1.29 is 24.4 Å². The van der Waals surface area contributed by atoms with Crippen LogP contribution in [0.4, 0.5) is 5.69 Å². The van der Waals surface area contributed by atoms with Crippen molar-refractivity contribution in [2.24, 2.45) is 0 Å². The number of rotatable bonds is 9. The van der Waals surface area contributed by atoms with Gasteiger partial charge in [0, 0.05) is 17.2 Å². The fourth-order valence-electron chi connectivity index (χ4n) is 2.05.